The van der Waals surface area contributed by atoms with E-state index in [1.165, 1.54) is 6.08 Å². The van der Waals surface area contributed by atoms with Crippen LogP contribution in [0.2, 0.25) is 0 Å². The van der Waals surface area contributed by atoms with E-state index in [1.807, 2.05) is 24.3 Å². The van der Waals surface area contributed by atoms with Crippen molar-refractivity contribution in [2.75, 3.05) is 6.61 Å². The van der Waals surface area contributed by atoms with Gasteiger partial charge in [-0.2, -0.15) is 0 Å². The van der Waals surface area contributed by atoms with Gasteiger partial charge in [-0.1, -0.05) is 30.4 Å². The predicted molar refractivity (Wildman–Crippen MR) is 49.2 cm³/mol. The maximum atomic E-state index is 10.3. The first-order chi connectivity index (χ1) is 6.18. The molecule has 1 rings (SSSR count). The van der Waals surface area contributed by atoms with Gasteiger partial charge in [0.2, 0.25) is 0 Å². The topological polar surface area (TPSA) is 57.5 Å². The Morgan fingerprint density at radius 3 is 2.77 bits per heavy atom. The number of carbonyl (C=O) groups is 1. The molecule has 0 saturated heterocycles. The predicted octanol–water partition coefficient (Wildman–Crippen LogP) is 1.12. The maximum Gasteiger partial charge on any atom is 0.328 e. The lowest BCUT2D eigenvalue weighted by molar-refractivity contribution is -0.131. The molecule has 0 spiro atoms. The number of aliphatic hydroxyl groups is 1. The molecule has 1 aliphatic carbocycles. The first-order valence-corrected chi connectivity index (χ1v) is 4.06. The molecule has 1 unspecified atom stereocenters. The summed E-state index contributed by atoms with van der Waals surface area (Å²) in [4.78, 5) is 10.3. The molecule has 3 heteroatoms. The number of carboxylic acids is 1. The summed E-state index contributed by atoms with van der Waals surface area (Å²) < 4.78 is 0. The summed E-state index contributed by atoms with van der Waals surface area (Å²) in [7, 11) is 0. The summed E-state index contributed by atoms with van der Waals surface area (Å²) in [5.41, 5.74) is -0.521. The molecule has 0 radical (unpaired) electrons. The van der Waals surface area contributed by atoms with E-state index in [4.69, 9.17) is 10.2 Å². The average Bonchev–Trinajstić information content (AvgIpc) is 2.16. The van der Waals surface area contributed by atoms with Gasteiger partial charge < -0.3 is 10.2 Å². The standard InChI is InChI=1S/C10H12O3/c11-8-10(7-4-9(12)13)5-2-1-3-6-10/h1-5,7,11H,6,8H2,(H,12,13). The second kappa shape index (κ2) is 4.05. The molecular formula is C10H12O3. The molecule has 0 aliphatic heterocycles. The van der Waals surface area contributed by atoms with Crippen molar-refractivity contribution < 1.29 is 15.0 Å². The number of hydrogen-bond acceptors (Lipinski definition) is 2. The summed E-state index contributed by atoms with van der Waals surface area (Å²) in [6, 6.07) is 0. The van der Waals surface area contributed by atoms with Gasteiger partial charge in [0, 0.05) is 11.5 Å². The van der Waals surface area contributed by atoms with E-state index in [2.05, 4.69) is 0 Å². The van der Waals surface area contributed by atoms with Gasteiger partial charge in [-0.05, 0) is 6.42 Å². The van der Waals surface area contributed by atoms with Gasteiger partial charge in [-0.3, -0.25) is 0 Å². The van der Waals surface area contributed by atoms with Crippen molar-refractivity contribution in [3.63, 3.8) is 0 Å². The first kappa shape index (κ1) is 9.74. The van der Waals surface area contributed by atoms with E-state index in [1.54, 1.807) is 0 Å². The summed E-state index contributed by atoms with van der Waals surface area (Å²) in [5, 5.41) is 17.6. The molecule has 13 heavy (non-hydrogen) atoms. The van der Waals surface area contributed by atoms with Gasteiger partial charge in [0.15, 0.2) is 0 Å². The largest absolute Gasteiger partial charge is 0.478 e. The lowest BCUT2D eigenvalue weighted by Crippen LogP contribution is -2.20. The SMILES string of the molecule is O=C(O)C=CC1(CO)C=CC=CC1. The molecule has 0 heterocycles. The zero-order valence-corrected chi connectivity index (χ0v) is 7.18. The second-order valence-corrected chi connectivity index (χ2v) is 3.05. The van der Waals surface area contributed by atoms with Crippen LogP contribution in [-0.4, -0.2) is 22.8 Å². The van der Waals surface area contributed by atoms with Gasteiger partial charge in [-0.25, -0.2) is 4.79 Å². The Morgan fingerprint density at radius 2 is 2.31 bits per heavy atom. The summed E-state index contributed by atoms with van der Waals surface area (Å²) in [6.07, 6.45) is 10.6. The van der Waals surface area contributed by atoms with E-state index < -0.39 is 11.4 Å². The van der Waals surface area contributed by atoms with Crippen LogP contribution in [0.3, 0.4) is 0 Å². The van der Waals surface area contributed by atoms with Crippen molar-refractivity contribution in [2.24, 2.45) is 5.41 Å². The molecule has 2 N–H and O–H groups in total. The Morgan fingerprint density at radius 1 is 1.54 bits per heavy atom. The van der Waals surface area contributed by atoms with Crippen LogP contribution in [0.5, 0.6) is 0 Å². The number of allylic oxidation sites excluding steroid dienone is 3. The molecule has 0 aromatic carbocycles. The van der Waals surface area contributed by atoms with E-state index in [9.17, 15) is 4.79 Å². The van der Waals surface area contributed by atoms with Crippen molar-refractivity contribution in [1.82, 2.24) is 0 Å². The highest BCUT2D eigenvalue weighted by molar-refractivity contribution is 5.79. The maximum absolute atomic E-state index is 10.3. The van der Waals surface area contributed by atoms with Crippen LogP contribution < -0.4 is 0 Å². The smallest absolute Gasteiger partial charge is 0.328 e. The third kappa shape index (κ3) is 2.56. The fourth-order valence-corrected chi connectivity index (χ4v) is 1.21. The summed E-state index contributed by atoms with van der Waals surface area (Å²) >= 11 is 0. The molecule has 0 amide bonds. The zero-order valence-electron chi connectivity index (χ0n) is 7.18. The van der Waals surface area contributed by atoms with Crippen LogP contribution in [-0.2, 0) is 4.79 Å². The Kier molecular flexibility index (Phi) is 3.03. The highest BCUT2D eigenvalue weighted by Gasteiger charge is 2.22. The average molecular weight is 180 g/mol. The normalized spacial score (nSPS) is 26.8. The molecular weight excluding hydrogens is 168 g/mol. The van der Waals surface area contributed by atoms with Gasteiger partial charge in [0.25, 0.3) is 0 Å². The minimum Gasteiger partial charge on any atom is -0.478 e. The molecule has 0 aromatic rings. The highest BCUT2D eigenvalue weighted by atomic mass is 16.4. The minimum atomic E-state index is -0.990. The van der Waals surface area contributed by atoms with Crippen molar-refractivity contribution in [1.29, 1.82) is 0 Å². The summed E-state index contributed by atoms with van der Waals surface area (Å²) in [5.74, 6) is -0.990. The number of rotatable bonds is 3. The lowest BCUT2D eigenvalue weighted by atomic mass is 9.82. The number of aliphatic hydroxyl groups excluding tert-OH is 1. The molecule has 70 valence electrons. The Bertz CT molecular complexity index is 276. The molecule has 0 fully saturated rings. The van der Waals surface area contributed by atoms with Gasteiger partial charge in [0.1, 0.15) is 0 Å². The fraction of sp³-hybridized carbons (Fsp3) is 0.300. The van der Waals surface area contributed by atoms with Crippen molar-refractivity contribution in [3.05, 3.63) is 36.5 Å². The number of carboxylic acid groups (broad SMARTS) is 1. The van der Waals surface area contributed by atoms with E-state index in [0.717, 1.165) is 6.08 Å². The van der Waals surface area contributed by atoms with Crippen LogP contribution in [0, 0.1) is 5.41 Å². The van der Waals surface area contributed by atoms with E-state index >= 15 is 0 Å². The van der Waals surface area contributed by atoms with Crippen LogP contribution >= 0.6 is 0 Å². The fourth-order valence-electron chi connectivity index (χ4n) is 1.21. The van der Waals surface area contributed by atoms with Crippen LogP contribution in [0.1, 0.15) is 6.42 Å². The van der Waals surface area contributed by atoms with Gasteiger partial charge in [-0.15, -0.1) is 0 Å². The number of hydrogen-bond donors (Lipinski definition) is 2. The van der Waals surface area contributed by atoms with E-state index in [-0.39, 0.29) is 6.61 Å². The van der Waals surface area contributed by atoms with Crippen LogP contribution in [0.25, 0.3) is 0 Å². The minimum absolute atomic E-state index is 0.0718. The Labute approximate surface area is 76.7 Å². The molecule has 0 bridgehead atoms. The van der Waals surface area contributed by atoms with Crippen LogP contribution in [0.4, 0.5) is 0 Å². The van der Waals surface area contributed by atoms with Crippen molar-refractivity contribution >= 4 is 5.97 Å². The van der Waals surface area contributed by atoms with Gasteiger partial charge >= 0.3 is 5.97 Å². The quantitative estimate of drug-likeness (QED) is 0.640. The van der Waals surface area contributed by atoms with Gasteiger partial charge in [0.05, 0.1) is 6.61 Å². The summed E-state index contributed by atoms with van der Waals surface area (Å²) in [6.45, 7) is -0.0718. The van der Waals surface area contributed by atoms with Crippen LogP contribution in [0.15, 0.2) is 36.5 Å². The molecule has 1 atom stereocenters. The number of aliphatic carboxylic acids is 1. The lowest BCUT2D eigenvalue weighted by Gasteiger charge is -2.24. The van der Waals surface area contributed by atoms with Crippen molar-refractivity contribution in [2.45, 2.75) is 6.42 Å². The molecule has 0 saturated carbocycles. The van der Waals surface area contributed by atoms with E-state index in [0.29, 0.717) is 6.42 Å². The zero-order chi connectivity index (χ0) is 9.73. The molecule has 1 aliphatic rings. The Hall–Kier alpha value is -1.35. The first-order valence-electron chi connectivity index (χ1n) is 4.06. The molecule has 3 nitrogen and oxygen atoms in total. The van der Waals surface area contributed by atoms with Crippen molar-refractivity contribution in [3.8, 4) is 0 Å². The Balaban J connectivity index is 2.76. The third-order valence-corrected chi connectivity index (χ3v) is 2.03. The second-order valence-electron chi connectivity index (χ2n) is 3.05. The third-order valence-electron chi connectivity index (χ3n) is 2.03. The monoisotopic (exact) mass is 180 g/mol. The molecule has 0 aromatic heterocycles. The highest BCUT2D eigenvalue weighted by Crippen LogP contribution is 2.28.